The summed E-state index contributed by atoms with van der Waals surface area (Å²) in [4.78, 5) is 34.7. The number of rotatable bonds is 6. The van der Waals surface area contributed by atoms with Gasteiger partial charge < -0.3 is 4.98 Å². The van der Waals surface area contributed by atoms with E-state index in [1.54, 1.807) is 18.5 Å². The highest BCUT2D eigenvalue weighted by atomic mass is 32.2. The highest BCUT2D eigenvalue weighted by Gasteiger charge is 2.33. The maximum absolute atomic E-state index is 13.6. The van der Waals surface area contributed by atoms with Crippen LogP contribution in [0, 0.1) is 5.92 Å². The molecule has 1 aromatic carbocycles. The van der Waals surface area contributed by atoms with E-state index in [4.69, 9.17) is 0 Å². The third-order valence-corrected chi connectivity index (χ3v) is 7.50. The molecule has 6 nitrogen and oxygen atoms in total. The third-order valence-electron chi connectivity index (χ3n) is 5.09. The summed E-state index contributed by atoms with van der Waals surface area (Å²) in [6, 6.07) is 5.40. The molecule has 0 atom stereocenters. The Kier molecular flexibility index (Phi) is 6.28. The van der Waals surface area contributed by atoms with Crippen LogP contribution in [-0.4, -0.2) is 19.1 Å². The van der Waals surface area contributed by atoms with Gasteiger partial charge in [-0.25, -0.2) is 9.78 Å². The van der Waals surface area contributed by atoms with Crippen LogP contribution in [0.4, 0.5) is 13.2 Å². The van der Waals surface area contributed by atoms with Crippen molar-refractivity contribution in [1.82, 2.24) is 19.1 Å². The molecule has 3 heterocycles. The van der Waals surface area contributed by atoms with Crippen molar-refractivity contribution in [2.24, 2.45) is 13.0 Å². The summed E-state index contributed by atoms with van der Waals surface area (Å²) < 4.78 is 43.5. The van der Waals surface area contributed by atoms with Gasteiger partial charge in [-0.15, -0.1) is 11.3 Å². The lowest BCUT2D eigenvalue weighted by Gasteiger charge is -2.12. The van der Waals surface area contributed by atoms with Crippen LogP contribution in [0.15, 0.2) is 56.3 Å². The van der Waals surface area contributed by atoms with Gasteiger partial charge >= 0.3 is 11.9 Å². The van der Waals surface area contributed by atoms with E-state index in [1.165, 1.54) is 46.8 Å². The molecule has 0 spiro atoms. The Hall–Kier alpha value is -2.79. The number of H-pyrrole nitrogens is 1. The van der Waals surface area contributed by atoms with E-state index in [0.29, 0.717) is 31.7 Å². The van der Waals surface area contributed by atoms with E-state index in [-0.39, 0.29) is 17.9 Å². The second-order valence-corrected chi connectivity index (χ2v) is 10.1. The molecule has 1 N–H and O–H groups in total. The van der Waals surface area contributed by atoms with Crippen molar-refractivity contribution in [3.63, 3.8) is 0 Å². The molecule has 0 saturated carbocycles. The van der Waals surface area contributed by atoms with Gasteiger partial charge in [-0.2, -0.15) is 13.2 Å². The predicted octanol–water partition coefficient (Wildman–Crippen LogP) is 4.90. The molecule has 11 heteroatoms. The molecule has 0 radical (unpaired) electrons. The first kappa shape index (κ1) is 23.4. The molecular formula is C22H21F3N4O2S2. The molecule has 0 aliphatic heterocycles. The quantitative estimate of drug-likeness (QED) is 0.414. The van der Waals surface area contributed by atoms with Crippen LogP contribution >= 0.6 is 23.1 Å². The standard InChI is InChI=1S/C22H21F3N4O2S2/c1-12(2)11-29-19-16(18(30)28(3)21(29)31)17(33-20-26-8-9-27-20)15(32-19)10-13-6-4-5-7-14(13)22(23,24)25/h4-9,12H,10-11H2,1-3H3,(H,26,27). The summed E-state index contributed by atoms with van der Waals surface area (Å²) in [5, 5.41) is 0.826. The molecule has 174 valence electrons. The smallest absolute Gasteiger partial charge is 0.339 e. The van der Waals surface area contributed by atoms with Crippen LogP contribution in [0.2, 0.25) is 0 Å². The summed E-state index contributed by atoms with van der Waals surface area (Å²) in [5.74, 6) is 0.126. The lowest BCUT2D eigenvalue weighted by atomic mass is 10.0. The number of fused-ring (bicyclic) bond motifs is 1. The number of hydrogen-bond donors (Lipinski definition) is 1. The van der Waals surface area contributed by atoms with Crippen LogP contribution in [0.25, 0.3) is 10.2 Å². The number of nitrogens with zero attached hydrogens (tertiary/aromatic N) is 3. The molecule has 3 aromatic heterocycles. The number of hydrogen-bond acceptors (Lipinski definition) is 5. The van der Waals surface area contributed by atoms with E-state index in [0.717, 1.165) is 10.6 Å². The van der Waals surface area contributed by atoms with Gasteiger partial charge in [0, 0.05) is 42.2 Å². The summed E-state index contributed by atoms with van der Waals surface area (Å²) in [6.45, 7) is 4.29. The zero-order valence-corrected chi connectivity index (χ0v) is 19.7. The van der Waals surface area contributed by atoms with Crippen LogP contribution in [0.5, 0.6) is 0 Å². The minimum atomic E-state index is -4.50. The van der Waals surface area contributed by atoms with Crippen LogP contribution in [-0.2, 0) is 26.2 Å². The predicted molar refractivity (Wildman–Crippen MR) is 123 cm³/mol. The van der Waals surface area contributed by atoms with E-state index in [2.05, 4.69) is 9.97 Å². The van der Waals surface area contributed by atoms with E-state index < -0.39 is 23.0 Å². The first-order valence-electron chi connectivity index (χ1n) is 10.2. The molecular weight excluding hydrogens is 473 g/mol. The van der Waals surface area contributed by atoms with Crippen molar-refractivity contribution in [2.75, 3.05) is 0 Å². The number of aromatic amines is 1. The maximum atomic E-state index is 13.6. The number of nitrogens with one attached hydrogen (secondary N) is 1. The van der Waals surface area contributed by atoms with Gasteiger partial charge in [0.15, 0.2) is 5.16 Å². The number of imidazole rings is 1. The molecule has 0 aliphatic rings. The largest absolute Gasteiger partial charge is 0.416 e. The number of thiophene rings is 1. The minimum Gasteiger partial charge on any atom is -0.339 e. The van der Waals surface area contributed by atoms with E-state index in [9.17, 15) is 22.8 Å². The van der Waals surface area contributed by atoms with Crippen molar-refractivity contribution >= 4 is 33.3 Å². The molecule has 4 aromatic rings. The van der Waals surface area contributed by atoms with Crippen LogP contribution < -0.4 is 11.2 Å². The molecule has 33 heavy (non-hydrogen) atoms. The van der Waals surface area contributed by atoms with Gasteiger partial charge in [-0.1, -0.05) is 32.0 Å². The normalized spacial score (nSPS) is 12.2. The van der Waals surface area contributed by atoms with E-state index >= 15 is 0 Å². The second-order valence-electron chi connectivity index (χ2n) is 8.01. The number of alkyl halides is 3. The lowest BCUT2D eigenvalue weighted by Crippen LogP contribution is -2.38. The first-order chi connectivity index (χ1) is 15.6. The highest BCUT2D eigenvalue weighted by Crippen LogP contribution is 2.41. The molecule has 0 fully saturated rings. The Balaban J connectivity index is 1.99. The molecule has 0 saturated heterocycles. The fourth-order valence-electron chi connectivity index (χ4n) is 3.63. The molecule has 0 aliphatic carbocycles. The number of benzene rings is 1. The van der Waals surface area contributed by atoms with Crippen LogP contribution in [0.3, 0.4) is 0 Å². The second kappa shape index (κ2) is 8.86. The Morgan fingerprint density at radius 2 is 1.94 bits per heavy atom. The number of halogens is 3. The van der Waals surface area contributed by atoms with Gasteiger partial charge in [-0.05, 0) is 29.3 Å². The van der Waals surface area contributed by atoms with Crippen molar-refractivity contribution < 1.29 is 13.2 Å². The first-order valence-corrected chi connectivity index (χ1v) is 11.8. The summed E-state index contributed by atoms with van der Waals surface area (Å²) in [5.41, 5.74) is -1.54. The van der Waals surface area contributed by atoms with Gasteiger partial charge in [0.2, 0.25) is 0 Å². The van der Waals surface area contributed by atoms with Crippen molar-refractivity contribution in [1.29, 1.82) is 0 Å². The lowest BCUT2D eigenvalue weighted by molar-refractivity contribution is -0.138. The van der Waals surface area contributed by atoms with Gasteiger partial charge in [0.25, 0.3) is 5.56 Å². The van der Waals surface area contributed by atoms with E-state index in [1.807, 2.05) is 13.8 Å². The zero-order valence-electron chi connectivity index (χ0n) is 18.1. The Morgan fingerprint density at radius 1 is 1.21 bits per heavy atom. The highest BCUT2D eigenvalue weighted by molar-refractivity contribution is 7.99. The van der Waals surface area contributed by atoms with Gasteiger partial charge in [-0.3, -0.25) is 13.9 Å². The number of aromatic nitrogens is 4. The minimum absolute atomic E-state index is 0.0307. The summed E-state index contributed by atoms with van der Waals surface area (Å²) in [6.07, 6.45) is -1.35. The van der Waals surface area contributed by atoms with Gasteiger partial charge in [0.05, 0.1) is 10.9 Å². The van der Waals surface area contributed by atoms with Crippen molar-refractivity contribution in [3.05, 3.63) is 73.5 Å². The van der Waals surface area contributed by atoms with Crippen molar-refractivity contribution in [2.45, 2.75) is 43.0 Å². The summed E-state index contributed by atoms with van der Waals surface area (Å²) >= 11 is 2.37. The molecule has 0 unspecified atom stereocenters. The Labute approximate surface area is 195 Å². The topological polar surface area (TPSA) is 72.7 Å². The van der Waals surface area contributed by atoms with Gasteiger partial charge in [0.1, 0.15) is 4.83 Å². The van der Waals surface area contributed by atoms with Crippen molar-refractivity contribution in [3.8, 4) is 0 Å². The SMILES string of the molecule is CC(C)Cn1c(=O)n(C)c(=O)c2c(Sc3ncc[nH]3)c(Cc3ccccc3C(F)(F)F)sc21. The molecule has 4 rings (SSSR count). The summed E-state index contributed by atoms with van der Waals surface area (Å²) in [7, 11) is 1.42. The molecule has 0 bridgehead atoms. The third kappa shape index (κ3) is 4.51. The fraction of sp³-hybridized carbons (Fsp3) is 0.318. The Bertz CT molecular complexity index is 1420. The molecule has 0 amide bonds. The van der Waals surface area contributed by atoms with Crippen LogP contribution in [0.1, 0.15) is 29.9 Å². The fourth-order valence-corrected chi connectivity index (χ4v) is 6.06. The Morgan fingerprint density at radius 3 is 2.58 bits per heavy atom. The monoisotopic (exact) mass is 494 g/mol. The average Bonchev–Trinajstić information content (AvgIpc) is 3.38. The zero-order chi connectivity index (χ0) is 23.9. The average molecular weight is 495 g/mol. The maximum Gasteiger partial charge on any atom is 0.416 e.